The first kappa shape index (κ1) is 15.8. The van der Waals surface area contributed by atoms with E-state index in [9.17, 15) is 4.79 Å². The highest BCUT2D eigenvalue weighted by atomic mass is 16.2. The number of nitrogens with zero attached hydrogens (tertiary/aromatic N) is 2. The van der Waals surface area contributed by atoms with Crippen molar-refractivity contribution in [3.8, 4) is 0 Å². The van der Waals surface area contributed by atoms with Gasteiger partial charge in [-0.2, -0.15) is 0 Å². The van der Waals surface area contributed by atoms with Crippen molar-refractivity contribution < 1.29 is 4.79 Å². The first-order chi connectivity index (χ1) is 11.0. The number of hydrogen-bond donors (Lipinski definition) is 1. The van der Waals surface area contributed by atoms with Gasteiger partial charge >= 0.3 is 0 Å². The van der Waals surface area contributed by atoms with Crippen LogP contribution in [0.15, 0.2) is 18.2 Å². The second kappa shape index (κ2) is 6.19. The number of aromatic nitrogens is 1. The molecule has 2 aromatic rings. The molecule has 1 atom stereocenters. The normalized spacial score (nSPS) is 18.0. The number of likely N-dealkylation sites (tertiary alicyclic amines) is 1. The van der Waals surface area contributed by atoms with Crippen LogP contribution in [0.2, 0.25) is 0 Å². The second-order valence-corrected chi connectivity index (χ2v) is 6.61. The van der Waals surface area contributed by atoms with Gasteiger partial charge in [-0.1, -0.05) is 12.1 Å². The Kier molecular flexibility index (Phi) is 4.24. The highest BCUT2D eigenvalue weighted by Crippen LogP contribution is 2.25. The number of aryl methyl sites for hydroxylation is 3. The molecule has 4 nitrogen and oxygen atoms in total. The Morgan fingerprint density at radius 2 is 2.04 bits per heavy atom. The Bertz CT molecular complexity index is 754. The third-order valence-electron chi connectivity index (χ3n) is 4.96. The minimum Gasteiger partial charge on any atom is -0.370 e. The van der Waals surface area contributed by atoms with Crippen LogP contribution in [-0.2, 0) is 4.79 Å². The zero-order chi connectivity index (χ0) is 16.6. The molecule has 0 saturated carbocycles. The molecule has 1 amide bonds. The molecule has 23 heavy (non-hydrogen) atoms. The van der Waals surface area contributed by atoms with Gasteiger partial charge in [0.1, 0.15) is 5.82 Å². The molecule has 1 aromatic heterocycles. The molecule has 0 bridgehead atoms. The summed E-state index contributed by atoms with van der Waals surface area (Å²) in [6, 6.07) is 6.41. The summed E-state index contributed by atoms with van der Waals surface area (Å²) in [7, 11) is 0. The molecule has 0 spiro atoms. The maximum Gasteiger partial charge on any atom is 0.222 e. The lowest BCUT2D eigenvalue weighted by Gasteiger charge is -2.15. The van der Waals surface area contributed by atoms with Crippen LogP contribution in [0.25, 0.3) is 10.9 Å². The van der Waals surface area contributed by atoms with E-state index in [2.05, 4.69) is 44.3 Å². The summed E-state index contributed by atoms with van der Waals surface area (Å²) >= 11 is 0. The largest absolute Gasteiger partial charge is 0.370 e. The van der Waals surface area contributed by atoms with Crippen LogP contribution in [0, 0.1) is 26.7 Å². The fourth-order valence-corrected chi connectivity index (χ4v) is 3.33. The average molecular weight is 311 g/mol. The molecule has 1 unspecified atom stereocenters. The summed E-state index contributed by atoms with van der Waals surface area (Å²) in [4.78, 5) is 18.6. The zero-order valence-corrected chi connectivity index (χ0v) is 14.4. The Morgan fingerprint density at radius 1 is 1.26 bits per heavy atom. The third kappa shape index (κ3) is 3.03. The molecule has 1 saturated heterocycles. The monoisotopic (exact) mass is 311 g/mol. The van der Waals surface area contributed by atoms with Crippen molar-refractivity contribution in [1.82, 2.24) is 9.88 Å². The first-order valence-electron chi connectivity index (χ1n) is 8.38. The molecule has 1 N–H and O–H groups in total. The van der Waals surface area contributed by atoms with E-state index < -0.39 is 0 Å². The molecular formula is C19H25N3O. The standard InChI is InChI=1S/C19H25N3O/c1-5-22-11-15(9-18(22)23)10-20-17-8-13(3)16-7-6-12(2)14(4)19(16)21-17/h6-8,15H,5,9-11H2,1-4H3,(H,20,21). The fraction of sp³-hybridized carbons (Fsp3) is 0.474. The van der Waals surface area contributed by atoms with Gasteiger partial charge in [0.2, 0.25) is 5.91 Å². The van der Waals surface area contributed by atoms with Crippen molar-refractivity contribution in [2.45, 2.75) is 34.1 Å². The number of anilines is 1. The van der Waals surface area contributed by atoms with E-state index in [0.29, 0.717) is 12.3 Å². The topological polar surface area (TPSA) is 45.2 Å². The molecule has 0 radical (unpaired) electrons. The van der Waals surface area contributed by atoms with Gasteiger partial charge in [-0.05, 0) is 50.5 Å². The first-order valence-corrected chi connectivity index (χ1v) is 8.38. The van der Waals surface area contributed by atoms with Crippen LogP contribution in [0.1, 0.15) is 30.0 Å². The molecule has 3 rings (SSSR count). The van der Waals surface area contributed by atoms with E-state index in [0.717, 1.165) is 31.0 Å². The van der Waals surface area contributed by atoms with Crippen molar-refractivity contribution in [2.24, 2.45) is 5.92 Å². The summed E-state index contributed by atoms with van der Waals surface area (Å²) in [5, 5.41) is 4.66. The third-order valence-corrected chi connectivity index (χ3v) is 4.96. The summed E-state index contributed by atoms with van der Waals surface area (Å²) in [5.41, 5.74) is 4.81. The number of fused-ring (bicyclic) bond motifs is 1. The molecule has 2 heterocycles. The summed E-state index contributed by atoms with van der Waals surface area (Å²) in [5.74, 6) is 1.55. The van der Waals surface area contributed by atoms with Gasteiger partial charge in [-0.15, -0.1) is 0 Å². The maximum absolute atomic E-state index is 11.8. The fourth-order valence-electron chi connectivity index (χ4n) is 3.33. The number of hydrogen-bond acceptors (Lipinski definition) is 3. The average Bonchev–Trinajstić information content (AvgIpc) is 2.89. The maximum atomic E-state index is 11.8. The Balaban J connectivity index is 1.79. The van der Waals surface area contributed by atoms with E-state index in [1.807, 2.05) is 11.8 Å². The zero-order valence-electron chi connectivity index (χ0n) is 14.4. The smallest absolute Gasteiger partial charge is 0.222 e. The minimum absolute atomic E-state index is 0.272. The van der Waals surface area contributed by atoms with Gasteiger partial charge in [0.25, 0.3) is 0 Å². The van der Waals surface area contributed by atoms with Crippen molar-refractivity contribution in [2.75, 3.05) is 25.0 Å². The number of pyridine rings is 1. The van der Waals surface area contributed by atoms with Crippen molar-refractivity contribution in [1.29, 1.82) is 0 Å². The summed E-state index contributed by atoms with van der Waals surface area (Å²) in [6.45, 7) is 10.9. The predicted molar refractivity (Wildman–Crippen MR) is 94.8 cm³/mol. The summed E-state index contributed by atoms with van der Waals surface area (Å²) < 4.78 is 0. The van der Waals surface area contributed by atoms with Crippen LogP contribution in [0.3, 0.4) is 0 Å². The van der Waals surface area contributed by atoms with Crippen LogP contribution in [-0.4, -0.2) is 35.4 Å². The van der Waals surface area contributed by atoms with Crippen LogP contribution < -0.4 is 5.32 Å². The molecule has 1 fully saturated rings. The van der Waals surface area contributed by atoms with Gasteiger partial charge in [-0.25, -0.2) is 4.98 Å². The molecule has 1 aromatic carbocycles. The molecular weight excluding hydrogens is 286 g/mol. The predicted octanol–water partition coefficient (Wildman–Crippen LogP) is 3.44. The van der Waals surface area contributed by atoms with Gasteiger partial charge < -0.3 is 10.2 Å². The minimum atomic E-state index is 0.272. The molecule has 4 heteroatoms. The number of amides is 1. The van der Waals surface area contributed by atoms with Crippen LogP contribution >= 0.6 is 0 Å². The van der Waals surface area contributed by atoms with E-state index in [4.69, 9.17) is 4.98 Å². The number of carbonyl (C=O) groups excluding carboxylic acids is 1. The van der Waals surface area contributed by atoms with Gasteiger partial charge in [0.05, 0.1) is 5.52 Å². The number of rotatable bonds is 4. The lowest BCUT2D eigenvalue weighted by Crippen LogP contribution is -2.25. The lowest BCUT2D eigenvalue weighted by atomic mass is 10.0. The summed E-state index contributed by atoms with van der Waals surface area (Å²) in [6.07, 6.45) is 0.644. The molecule has 0 aliphatic carbocycles. The highest BCUT2D eigenvalue weighted by Gasteiger charge is 2.28. The molecule has 122 valence electrons. The lowest BCUT2D eigenvalue weighted by molar-refractivity contribution is -0.127. The van der Waals surface area contributed by atoms with Crippen molar-refractivity contribution >= 4 is 22.6 Å². The van der Waals surface area contributed by atoms with E-state index in [-0.39, 0.29) is 5.91 Å². The van der Waals surface area contributed by atoms with Gasteiger partial charge in [-0.3, -0.25) is 4.79 Å². The number of nitrogens with one attached hydrogen (secondary N) is 1. The van der Waals surface area contributed by atoms with Gasteiger partial charge in [0, 0.05) is 37.4 Å². The SMILES string of the molecule is CCN1CC(CNc2cc(C)c3ccc(C)c(C)c3n2)CC1=O. The number of benzene rings is 1. The highest BCUT2D eigenvalue weighted by molar-refractivity contribution is 5.87. The number of carbonyl (C=O) groups is 1. The Hall–Kier alpha value is -2.10. The van der Waals surface area contributed by atoms with E-state index in [1.54, 1.807) is 0 Å². The Labute approximate surface area is 137 Å². The molecule has 1 aliphatic rings. The van der Waals surface area contributed by atoms with Crippen molar-refractivity contribution in [3.05, 3.63) is 34.9 Å². The van der Waals surface area contributed by atoms with Crippen LogP contribution in [0.4, 0.5) is 5.82 Å². The van der Waals surface area contributed by atoms with E-state index >= 15 is 0 Å². The van der Waals surface area contributed by atoms with Crippen LogP contribution in [0.5, 0.6) is 0 Å². The second-order valence-electron chi connectivity index (χ2n) is 6.61. The Morgan fingerprint density at radius 3 is 2.74 bits per heavy atom. The van der Waals surface area contributed by atoms with Crippen molar-refractivity contribution in [3.63, 3.8) is 0 Å². The quantitative estimate of drug-likeness (QED) is 0.941. The molecule has 1 aliphatic heterocycles. The van der Waals surface area contributed by atoms with Gasteiger partial charge in [0.15, 0.2) is 0 Å². The van der Waals surface area contributed by atoms with E-state index in [1.165, 1.54) is 22.1 Å².